The van der Waals surface area contributed by atoms with Crippen LogP contribution in [0.5, 0.6) is 0 Å². The van der Waals surface area contributed by atoms with Gasteiger partial charge in [-0.2, -0.15) is 5.10 Å². The lowest BCUT2D eigenvalue weighted by Crippen LogP contribution is -1.85. The molecule has 0 unspecified atom stereocenters. The van der Waals surface area contributed by atoms with Gasteiger partial charge < -0.3 is 0 Å². The van der Waals surface area contributed by atoms with Crippen LogP contribution in [0.2, 0.25) is 0 Å². The number of hydrogen-bond acceptors (Lipinski definition) is 1. The minimum atomic E-state index is -0.279. The molecule has 0 aliphatic carbocycles. The van der Waals surface area contributed by atoms with E-state index in [1.54, 1.807) is 18.3 Å². The third kappa shape index (κ3) is 1.74. The molecule has 0 amide bonds. The molecular weight excluding hydrogens is 315 g/mol. The van der Waals surface area contributed by atoms with Crippen molar-refractivity contribution in [2.75, 3.05) is 0 Å². The minimum absolute atomic E-state index is 0.279. The van der Waals surface area contributed by atoms with Gasteiger partial charge in [-0.05, 0) is 34.1 Å². The first-order valence-corrected chi connectivity index (χ1v) is 5.41. The molecule has 1 heterocycles. The van der Waals surface area contributed by atoms with Crippen LogP contribution >= 0.6 is 31.9 Å². The highest BCUT2D eigenvalue weighted by atomic mass is 79.9. The maximum absolute atomic E-state index is 13.4. The standard InChI is InChI=1S/C9H5Br2FN2/c10-5-1-2-8(12)6(3-5)9-7(11)4-13-14-9/h1-4H,(H,13,14). The van der Waals surface area contributed by atoms with Crippen molar-refractivity contribution >= 4 is 31.9 Å². The quantitative estimate of drug-likeness (QED) is 0.852. The number of benzene rings is 1. The van der Waals surface area contributed by atoms with Gasteiger partial charge >= 0.3 is 0 Å². The summed E-state index contributed by atoms with van der Waals surface area (Å²) in [5, 5.41) is 6.55. The molecule has 5 heteroatoms. The summed E-state index contributed by atoms with van der Waals surface area (Å²) in [6.45, 7) is 0. The lowest BCUT2D eigenvalue weighted by molar-refractivity contribution is 0.630. The molecule has 0 saturated heterocycles. The van der Waals surface area contributed by atoms with Gasteiger partial charge in [-0.15, -0.1) is 0 Å². The molecule has 0 atom stereocenters. The molecule has 0 radical (unpaired) electrons. The van der Waals surface area contributed by atoms with E-state index in [1.807, 2.05) is 0 Å². The fraction of sp³-hybridized carbons (Fsp3) is 0. The highest BCUT2D eigenvalue weighted by Crippen LogP contribution is 2.29. The normalized spacial score (nSPS) is 10.5. The molecule has 0 aliphatic rings. The SMILES string of the molecule is Fc1ccc(Br)cc1-c1[nH]ncc1Br. The molecule has 72 valence electrons. The van der Waals surface area contributed by atoms with Gasteiger partial charge in [-0.25, -0.2) is 4.39 Å². The van der Waals surface area contributed by atoms with Crippen molar-refractivity contribution in [3.63, 3.8) is 0 Å². The molecule has 2 rings (SSSR count). The smallest absolute Gasteiger partial charge is 0.132 e. The summed E-state index contributed by atoms with van der Waals surface area (Å²) in [6.07, 6.45) is 1.59. The largest absolute Gasteiger partial charge is 0.277 e. The highest BCUT2D eigenvalue weighted by molar-refractivity contribution is 9.10. The Morgan fingerprint density at radius 3 is 2.71 bits per heavy atom. The molecule has 2 aromatic rings. The third-order valence-electron chi connectivity index (χ3n) is 1.79. The zero-order valence-electron chi connectivity index (χ0n) is 6.89. The van der Waals surface area contributed by atoms with Crippen LogP contribution in [-0.4, -0.2) is 10.2 Å². The van der Waals surface area contributed by atoms with E-state index in [0.717, 1.165) is 8.95 Å². The van der Waals surface area contributed by atoms with Crippen LogP contribution in [0, 0.1) is 5.82 Å². The Kier molecular flexibility index (Phi) is 2.69. The third-order valence-corrected chi connectivity index (χ3v) is 2.89. The van der Waals surface area contributed by atoms with Crippen LogP contribution in [-0.2, 0) is 0 Å². The van der Waals surface area contributed by atoms with Gasteiger partial charge in [-0.1, -0.05) is 15.9 Å². The zero-order valence-corrected chi connectivity index (χ0v) is 10.1. The molecule has 0 aliphatic heterocycles. The van der Waals surface area contributed by atoms with Gasteiger partial charge in [0, 0.05) is 10.0 Å². The Hall–Kier alpha value is -0.680. The van der Waals surface area contributed by atoms with Gasteiger partial charge in [0.2, 0.25) is 0 Å². The zero-order chi connectivity index (χ0) is 10.1. The van der Waals surface area contributed by atoms with Gasteiger partial charge in [-0.3, -0.25) is 5.10 Å². The number of aromatic nitrogens is 2. The summed E-state index contributed by atoms with van der Waals surface area (Å²) < 4.78 is 15.0. The summed E-state index contributed by atoms with van der Waals surface area (Å²) in [6, 6.07) is 4.77. The predicted octanol–water partition coefficient (Wildman–Crippen LogP) is 3.74. The molecule has 2 nitrogen and oxygen atoms in total. The molecule has 0 bridgehead atoms. The molecule has 1 aromatic heterocycles. The van der Waals surface area contributed by atoms with Crippen molar-refractivity contribution < 1.29 is 4.39 Å². The highest BCUT2D eigenvalue weighted by Gasteiger charge is 2.10. The van der Waals surface area contributed by atoms with Crippen molar-refractivity contribution in [3.05, 3.63) is 39.2 Å². The second-order valence-electron chi connectivity index (χ2n) is 2.72. The van der Waals surface area contributed by atoms with Crippen LogP contribution in [0.1, 0.15) is 0 Å². The van der Waals surface area contributed by atoms with E-state index in [1.165, 1.54) is 6.07 Å². The fourth-order valence-corrected chi connectivity index (χ4v) is 1.92. The number of rotatable bonds is 1. The average molecular weight is 320 g/mol. The summed E-state index contributed by atoms with van der Waals surface area (Å²) in [7, 11) is 0. The Morgan fingerprint density at radius 1 is 1.29 bits per heavy atom. The number of halogens is 3. The van der Waals surface area contributed by atoms with E-state index >= 15 is 0 Å². The van der Waals surface area contributed by atoms with Crippen molar-refractivity contribution in [2.24, 2.45) is 0 Å². The first-order valence-electron chi connectivity index (χ1n) is 3.83. The topological polar surface area (TPSA) is 28.7 Å². The van der Waals surface area contributed by atoms with Crippen LogP contribution in [0.4, 0.5) is 4.39 Å². The predicted molar refractivity (Wildman–Crippen MR) is 59.4 cm³/mol. The van der Waals surface area contributed by atoms with Crippen molar-refractivity contribution in [1.29, 1.82) is 0 Å². The van der Waals surface area contributed by atoms with E-state index in [0.29, 0.717) is 11.3 Å². The minimum Gasteiger partial charge on any atom is -0.277 e. The van der Waals surface area contributed by atoms with E-state index in [4.69, 9.17) is 0 Å². The van der Waals surface area contributed by atoms with E-state index in [2.05, 4.69) is 42.1 Å². The van der Waals surface area contributed by atoms with Gasteiger partial charge in [0.05, 0.1) is 16.4 Å². The molecular formula is C9H5Br2FN2. The summed E-state index contributed by atoms with van der Waals surface area (Å²) in [5.74, 6) is -0.279. The van der Waals surface area contributed by atoms with Crippen molar-refractivity contribution in [1.82, 2.24) is 10.2 Å². The number of nitrogens with zero attached hydrogens (tertiary/aromatic N) is 1. The number of hydrogen-bond donors (Lipinski definition) is 1. The summed E-state index contributed by atoms with van der Waals surface area (Å²) in [5.41, 5.74) is 1.13. The second-order valence-corrected chi connectivity index (χ2v) is 4.49. The molecule has 14 heavy (non-hydrogen) atoms. The van der Waals surface area contributed by atoms with Crippen molar-refractivity contribution in [3.8, 4) is 11.3 Å². The lowest BCUT2D eigenvalue weighted by Gasteiger charge is -2.01. The Balaban J connectivity index is 2.62. The summed E-state index contributed by atoms with van der Waals surface area (Å²) in [4.78, 5) is 0. The number of H-pyrrole nitrogens is 1. The Labute approximate surface area is 96.8 Å². The molecule has 0 fully saturated rings. The van der Waals surface area contributed by atoms with E-state index in [9.17, 15) is 4.39 Å². The monoisotopic (exact) mass is 318 g/mol. The maximum Gasteiger partial charge on any atom is 0.132 e. The first kappa shape index (κ1) is 9.86. The average Bonchev–Trinajstić information content (AvgIpc) is 2.56. The van der Waals surface area contributed by atoms with Gasteiger partial charge in [0.15, 0.2) is 0 Å². The fourth-order valence-electron chi connectivity index (χ4n) is 1.15. The summed E-state index contributed by atoms with van der Waals surface area (Å²) >= 11 is 6.58. The van der Waals surface area contributed by atoms with Crippen LogP contribution in [0.15, 0.2) is 33.3 Å². The van der Waals surface area contributed by atoms with Gasteiger partial charge in [0.25, 0.3) is 0 Å². The molecule has 1 aromatic carbocycles. The Bertz CT molecular complexity index is 468. The number of nitrogens with one attached hydrogen (secondary N) is 1. The lowest BCUT2D eigenvalue weighted by atomic mass is 10.1. The first-order chi connectivity index (χ1) is 6.68. The van der Waals surface area contributed by atoms with Crippen molar-refractivity contribution in [2.45, 2.75) is 0 Å². The molecule has 0 spiro atoms. The van der Waals surface area contributed by atoms with Crippen LogP contribution < -0.4 is 0 Å². The van der Waals surface area contributed by atoms with Crippen LogP contribution in [0.25, 0.3) is 11.3 Å². The Morgan fingerprint density at radius 2 is 2.07 bits per heavy atom. The van der Waals surface area contributed by atoms with Crippen LogP contribution in [0.3, 0.4) is 0 Å². The molecule has 1 N–H and O–H groups in total. The van der Waals surface area contributed by atoms with E-state index < -0.39 is 0 Å². The molecule has 0 saturated carbocycles. The number of aromatic amines is 1. The van der Waals surface area contributed by atoms with E-state index in [-0.39, 0.29) is 5.82 Å². The second kappa shape index (κ2) is 3.82. The van der Waals surface area contributed by atoms with Gasteiger partial charge in [0.1, 0.15) is 5.82 Å². The maximum atomic E-state index is 13.4.